The minimum absolute atomic E-state index is 0.122. The van der Waals surface area contributed by atoms with E-state index in [4.69, 9.17) is 10.8 Å². The summed E-state index contributed by atoms with van der Waals surface area (Å²) in [5, 5.41) is 8.94. The summed E-state index contributed by atoms with van der Waals surface area (Å²) in [4.78, 5) is 13.6. The maximum Gasteiger partial charge on any atom is 0.573 e. The fourth-order valence-electron chi connectivity index (χ4n) is 1.77. The van der Waals surface area contributed by atoms with Gasteiger partial charge in [-0.25, -0.2) is 0 Å². The lowest BCUT2D eigenvalue weighted by Gasteiger charge is -2.26. The predicted octanol–water partition coefficient (Wildman–Crippen LogP) is 2.01. The van der Waals surface area contributed by atoms with Crippen LogP contribution in [0.2, 0.25) is 0 Å². The Morgan fingerprint density at radius 1 is 1.43 bits per heavy atom. The molecule has 0 spiro atoms. The average Bonchev–Trinajstić information content (AvgIpc) is 2.35. The number of rotatable bonds is 5. The largest absolute Gasteiger partial charge is 0.573 e. The van der Waals surface area contributed by atoms with Gasteiger partial charge >= 0.3 is 6.36 Å². The quantitative estimate of drug-likeness (QED) is 0.816. The molecular formula is C13H17F3N2O3. The van der Waals surface area contributed by atoms with Crippen LogP contribution in [0.5, 0.6) is 5.75 Å². The second-order valence-electron chi connectivity index (χ2n) is 4.62. The van der Waals surface area contributed by atoms with Crippen molar-refractivity contribution < 1.29 is 27.8 Å². The molecule has 0 saturated carbocycles. The number of ether oxygens (including phenoxy) is 1. The van der Waals surface area contributed by atoms with Gasteiger partial charge in [-0.05, 0) is 32.0 Å². The summed E-state index contributed by atoms with van der Waals surface area (Å²) < 4.78 is 40.1. The monoisotopic (exact) mass is 306 g/mol. The molecule has 1 rings (SSSR count). The van der Waals surface area contributed by atoms with Crippen LogP contribution >= 0.6 is 0 Å². The number of anilines is 1. The van der Waals surface area contributed by atoms with Gasteiger partial charge in [0.15, 0.2) is 5.75 Å². The van der Waals surface area contributed by atoms with Crippen molar-refractivity contribution >= 4 is 11.6 Å². The van der Waals surface area contributed by atoms with Crippen LogP contribution in [0.3, 0.4) is 0 Å². The highest BCUT2D eigenvalue weighted by Crippen LogP contribution is 2.29. The minimum Gasteiger partial charge on any atom is -0.404 e. The van der Waals surface area contributed by atoms with E-state index < -0.39 is 18.0 Å². The molecule has 3 N–H and O–H groups in total. The highest BCUT2D eigenvalue weighted by molar-refractivity contribution is 5.95. The summed E-state index contributed by atoms with van der Waals surface area (Å²) in [5.41, 5.74) is 5.31. The zero-order chi connectivity index (χ0) is 16.2. The third-order valence-corrected chi connectivity index (χ3v) is 2.71. The normalized spacial score (nSPS) is 11.6. The van der Waals surface area contributed by atoms with Crippen LogP contribution in [0.25, 0.3) is 0 Å². The van der Waals surface area contributed by atoms with Crippen molar-refractivity contribution in [2.75, 3.05) is 18.9 Å². The highest BCUT2D eigenvalue weighted by atomic mass is 19.4. The number of aliphatic hydroxyl groups excluding tert-OH is 1. The van der Waals surface area contributed by atoms with Crippen LogP contribution in [-0.4, -0.2) is 41.5 Å². The molecule has 0 fully saturated rings. The number of hydrogen-bond acceptors (Lipinski definition) is 4. The van der Waals surface area contributed by atoms with E-state index in [1.807, 2.05) is 0 Å². The fourth-order valence-corrected chi connectivity index (χ4v) is 1.77. The van der Waals surface area contributed by atoms with Gasteiger partial charge in [0.2, 0.25) is 0 Å². The molecule has 5 nitrogen and oxygen atoms in total. The molecule has 8 heteroatoms. The first kappa shape index (κ1) is 17.1. The Kier molecular flexibility index (Phi) is 5.42. The number of halogens is 3. The van der Waals surface area contributed by atoms with Crippen molar-refractivity contribution in [2.24, 2.45) is 0 Å². The molecular weight excluding hydrogens is 289 g/mol. The highest BCUT2D eigenvalue weighted by Gasteiger charge is 2.32. The number of nitrogen functional groups attached to an aromatic ring is 1. The third kappa shape index (κ3) is 4.82. The molecule has 0 aliphatic rings. The Labute approximate surface area is 120 Å². The van der Waals surface area contributed by atoms with Gasteiger partial charge in [0.25, 0.3) is 5.91 Å². The number of benzene rings is 1. The van der Waals surface area contributed by atoms with Crippen LogP contribution in [0.1, 0.15) is 24.2 Å². The third-order valence-electron chi connectivity index (χ3n) is 2.71. The van der Waals surface area contributed by atoms with Gasteiger partial charge in [0.05, 0.1) is 12.3 Å². The van der Waals surface area contributed by atoms with E-state index >= 15 is 0 Å². The van der Waals surface area contributed by atoms with Gasteiger partial charge in [-0.2, -0.15) is 0 Å². The van der Waals surface area contributed by atoms with Gasteiger partial charge in [0.1, 0.15) is 0 Å². The molecule has 0 bridgehead atoms. The maximum atomic E-state index is 12.2. The molecule has 118 valence electrons. The van der Waals surface area contributed by atoms with Crippen LogP contribution in [-0.2, 0) is 0 Å². The average molecular weight is 306 g/mol. The number of nitrogens with two attached hydrogens (primary N) is 1. The maximum absolute atomic E-state index is 12.2. The Hall–Kier alpha value is -1.96. The van der Waals surface area contributed by atoms with E-state index in [9.17, 15) is 18.0 Å². The second kappa shape index (κ2) is 6.66. The molecule has 0 aromatic heterocycles. The number of nitrogens with zero attached hydrogens (tertiary/aromatic N) is 1. The van der Waals surface area contributed by atoms with Crippen LogP contribution in [0.15, 0.2) is 18.2 Å². The molecule has 0 radical (unpaired) electrons. The Morgan fingerprint density at radius 2 is 2.05 bits per heavy atom. The van der Waals surface area contributed by atoms with Gasteiger partial charge in [-0.15, -0.1) is 13.2 Å². The molecule has 0 aliphatic heterocycles. The lowest BCUT2D eigenvalue weighted by molar-refractivity contribution is -0.274. The second-order valence-corrected chi connectivity index (χ2v) is 4.62. The van der Waals surface area contributed by atoms with E-state index in [1.54, 1.807) is 13.8 Å². The predicted molar refractivity (Wildman–Crippen MR) is 70.8 cm³/mol. The number of aliphatic hydroxyl groups is 1. The molecule has 0 heterocycles. The van der Waals surface area contributed by atoms with Gasteiger partial charge in [-0.3, -0.25) is 4.79 Å². The number of carbonyl (C=O) groups is 1. The van der Waals surface area contributed by atoms with Crippen LogP contribution < -0.4 is 10.5 Å². The molecule has 0 aliphatic carbocycles. The summed E-state index contributed by atoms with van der Waals surface area (Å²) in [6.45, 7) is 3.43. The molecule has 0 unspecified atom stereocenters. The fraction of sp³-hybridized carbons (Fsp3) is 0.462. The van der Waals surface area contributed by atoms with Crippen molar-refractivity contribution in [1.82, 2.24) is 4.90 Å². The first-order valence-corrected chi connectivity index (χ1v) is 6.22. The Bertz CT molecular complexity index is 504. The lowest BCUT2D eigenvalue weighted by atomic mass is 10.1. The summed E-state index contributed by atoms with van der Waals surface area (Å²) >= 11 is 0. The summed E-state index contributed by atoms with van der Waals surface area (Å²) in [6.07, 6.45) is -4.85. The summed E-state index contributed by atoms with van der Waals surface area (Å²) in [7, 11) is 0. The smallest absolute Gasteiger partial charge is 0.404 e. The first-order valence-electron chi connectivity index (χ1n) is 6.22. The molecule has 0 atom stereocenters. The SMILES string of the molecule is CC(C)N(CCO)C(=O)c1ccc(OC(F)(F)F)c(N)c1. The van der Waals surface area contributed by atoms with Crippen LogP contribution in [0.4, 0.5) is 18.9 Å². The van der Waals surface area contributed by atoms with Crippen molar-refractivity contribution in [1.29, 1.82) is 0 Å². The summed E-state index contributed by atoms with van der Waals surface area (Å²) in [6, 6.07) is 3.15. The standard InChI is InChI=1S/C13H17F3N2O3/c1-8(2)18(5-6-19)12(20)9-3-4-11(10(17)7-9)21-13(14,15)16/h3-4,7-8,19H,5-6,17H2,1-2H3. The lowest BCUT2D eigenvalue weighted by Crippen LogP contribution is -2.39. The van der Waals surface area contributed by atoms with E-state index in [1.165, 1.54) is 11.0 Å². The minimum atomic E-state index is -4.85. The topological polar surface area (TPSA) is 75.8 Å². The molecule has 21 heavy (non-hydrogen) atoms. The van der Waals surface area contributed by atoms with Crippen molar-refractivity contribution in [2.45, 2.75) is 26.3 Å². The first-order chi connectivity index (χ1) is 9.65. The zero-order valence-corrected chi connectivity index (χ0v) is 11.6. The van der Waals surface area contributed by atoms with Crippen molar-refractivity contribution in [3.63, 3.8) is 0 Å². The zero-order valence-electron chi connectivity index (χ0n) is 11.6. The molecule has 1 aromatic carbocycles. The van der Waals surface area contributed by atoms with Gasteiger partial charge in [-0.1, -0.05) is 0 Å². The van der Waals surface area contributed by atoms with Gasteiger partial charge < -0.3 is 20.5 Å². The summed E-state index contributed by atoms with van der Waals surface area (Å²) in [5.74, 6) is -0.985. The van der Waals surface area contributed by atoms with Crippen molar-refractivity contribution in [3.05, 3.63) is 23.8 Å². The molecule has 1 amide bonds. The van der Waals surface area contributed by atoms with E-state index in [0.717, 1.165) is 12.1 Å². The van der Waals surface area contributed by atoms with E-state index in [0.29, 0.717) is 0 Å². The number of alkyl halides is 3. The molecule has 0 saturated heterocycles. The Morgan fingerprint density at radius 3 is 2.48 bits per heavy atom. The number of carbonyl (C=O) groups excluding carboxylic acids is 1. The van der Waals surface area contributed by atoms with Crippen LogP contribution in [0, 0.1) is 0 Å². The Balaban J connectivity index is 2.99. The number of hydrogen-bond donors (Lipinski definition) is 2. The van der Waals surface area contributed by atoms with Gasteiger partial charge in [0, 0.05) is 18.2 Å². The molecule has 1 aromatic rings. The van der Waals surface area contributed by atoms with E-state index in [2.05, 4.69) is 4.74 Å². The van der Waals surface area contributed by atoms with E-state index in [-0.39, 0.29) is 30.4 Å². The van der Waals surface area contributed by atoms with Crippen molar-refractivity contribution in [3.8, 4) is 5.75 Å². The number of amides is 1.